The van der Waals surface area contributed by atoms with Crippen molar-refractivity contribution in [3.05, 3.63) is 27.7 Å². The van der Waals surface area contributed by atoms with Gasteiger partial charge in [0.2, 0.25) is 5.91 Å². The Kier molecular flexibility index (Phi) is 9.55. The van der Waals surface area contributed by atoms with Crippen molar-refractivity contribution in [3.63, 3.8) is 0 Å². The number of amides is 1. The molecule has 0 spiro atoms. The molecule has 1 atom stereocenters. The predicted octanol–water partition coefficient (Wildman–Crippen LogP) is 3.30. The molecule has 0 saturated carbocycles. The normalized spacial score (nSPS) is 11.7. The van der Waals surface area contributed by atoms with Crippen LogP contribution in [0.15, 0.2) is 21.5 Å². The summed E-state index contributed by atoms with van der Waals surface area (Å²) in [5.41, 5.74) is 2.39. The lowest BCUT2D eigenvalue weighted by Gasteiger charge is -2.12. The molecule has 0 saturated heterocycles. The predicted molar refractivity (Wildman–Crippen MR) is 93.1 cm³/mol. The average molecular weight is 382 g/mol. The van der Waals surface area contributed by atoms with E-state index in [1.165, 1.54) is 11.1 Å². The highest BCUT2D eigenvalue weighted by Crippen LogP contribution is 2.28. The Morgan fingerprint density at radius 3 is 2.60 bits per heavy atom. The topological polar surface area (TPSA) is 41.1 Å². The lowest BCUT2D eigenvalue weighted by Crippen LogP contribution is -2.37. The van der Waals surface area contributed by atoms with Gasteiger partial charge in [0.25, 0.3) is 0 Å². The Morgan fingerprint density at radius 2 is 2.00 bits per heavy atom. The molecule has 0 heterocycles. The van der Waals surface area contributed by atoms with E-state index in [1.807, 2.05) is 14.0 Å². The molecule has 114 valence electrons. The van der Waals surface area contributed by atoms with Gasteiger partial charge in [0.15, 0.2) is 0 Å². The van der Waals surface area contributed by atoms with Crippen LogP contribution in [0, 0.1) is 13.8 Å². The molecule has 0 aromatic heterocycles. The van der Waals surface area contributed by atoms with Crippen LogP contribution in [-0.4, -0.2) is 31.3 Å². The van der Waals surface area contributed by atoms with Crippen molar-refractivity contribution in [2.75, 3.05) is 19.3 Å². The fraction of sp³-hybridized carbons (Fsp3) is 0.500. The molecule has 1 rings (SSSR count). The first-order chi connectivity index (χ1) is 8.93. The van der Waals surface area contributed by atoms with Crippen molar-refractivity contribution in [1.82, 2.24) is 10.6 Å². The minimum atomic E-state index is 0. The van der Waals surface area contributed by atoms with E-state index in [2.05, 4.69) is 52.5 Å². The van der Waals surface area contributed by atoms with E-state index in [0.717, 1.165) is 9.37 Å². The first-order valence-electron chi connectivity index (χ1n) is 6.27. The largest absolute Gasteiger partial charge is 0.354 e. The second kappa shape index (κ2) is 9.66. The molecule has 1 unspecified atom stereocenters. The maximum absolute atomic E-state index is 11.7. The van der Waals surface area contributed by atoms with Gasteiger partial charge in [-0.2, -0.15) is 0 Å². The number of carbonyl (C=O) groups is 1. The SMILES string of the molecule is CNC(C)CNC(=O)CSc1cc(C)c(Br)cc1C.Cl. The molecule has 0 aliphatic heterocycles. The number of halogens is 2. The Balaban J connectivity index is 0.00000361. The van der Waals surface area contributed by atoms with Gasteiger partial charge in [0.05, 0.1) is 5.75 Å². The molecule has 3 nitrogen and oxygen atoms in total. The average Bonchev–Trinajstić information content (AvgIpc) is 2.38. The van der Waals surface area contributed by atoms with E-state index in [0.29, 0.717) is 18.3 Å². The van der Waals surface area contributed by atoms with Crippen LogP contribution in [0.25, 0.3) is 0 Å². The number of rotatable bonds is 6. The first kappa shape index (κ1) is 19.8. The van der Waals surface area contributed by atoms with Gasteiger partial charge in [0.1, 0.15) is 0 Å². The molecule has 0 radical (unpaired) electrons. The van der Waals surface area contributed by atoms with Crippen molar-refractivity contribution in [2.45, 2.75) is 31.7 Å². The zero-order valence-corrected chi connectivity index (χ0v) is 15.5. The van der Waals surface area contributed by atoms with Gasteiger partial charge in [-0.25, -0.2) is 0 Å². The maximum Gasteiger partial charge on any atom is 0.230 e. The number of aryl methyl sites for hydroxylation is 2. The number of thioether (sulfide) groups is 1. The lowest BCUT2D eigenvalue weighted by atomic mass is 10.2. The van der Waals surface area contributed by atoms with E-state index >= 15 is 0 Å². The molecular weight excluding hydrogens is 360 g/mol. The van der Waals surface area contributed by atoms with Crippen molar-refractivity contribution in [2.24, 2.45) is 0 Å². The molecule has 6 heteroatoms. The monoisotopic (exact) mass is 380 g/mol. The smallest absolute Gasteiger partial charge is 0.230 e. The van der Waals surface area contributed by atoms with Crippen LogP contribution < -0.4 is 10.6 Å². The summed E-state index contributed by atoms with van der Waals surface area (Å²) in [4.78, 5) is 12.9. The third kappa shape index (κ3) is 6.48. The molecule has 20 heavy (non-hydrogen) atoms. The second-order valence-electron chi connectivity index (χ2n) is 4.65. The molecule has 1 amide bonds. The molecule has 0 aliphatic carbocycles. The zero-order chi connectivity index (χ0) is 14.4. The Morgan fingerprint density at radius 1 is 1.35 bits per heavy atom. The van der Waals surface area contributed by atoms with Crippen molar-refractivity contribution < 1.29 is 4.79 Å². The van der Waals surface area contributed by atoms with Gasteiger partial charge in [-0.3, -0.25) is 4.79 Å². The summed E-state index contributed by atoms with van der Waals surface area (Å²) in [5, 5.41) is 6.01. The number of hydrogen-bond acceptors (Lipinski definition) is 3. The van der Waals surface area contributed by atoms with Crippen LogP contribution in [0.1, 0.15) is 18.1 Å². The number of nitrogens with one attached hydrogen (secondary N) is 2. The highest BCUT2D eigenvalue weighted by Gasteiger charge is 2.07. The highest BCUT2D eigenvalue weighted by molar-refractivity contribution is 9.10. The molecule has 0 bridgehead atoms. The van der Waals surface area contributed by atoms with E-state index in [9.17, 15) is 4.79 Å². The molecule has 1 aromatic carbocycles. The van der Waals surface area contributed by atoms with Crippen LogP contribution in [0.3, 0.4) is 0 Å². The summed E-state index contributed by atoms with van der Waals surface area (Å²) in [5.74, 6) is 0.533. The standard InChI is InChI=1S/C14H21BrN2OS.ClH/c1-9-6-13(10(2)5-12(9)15)19-8-14(18)17-7-11(3)16-4;/h5-6,11,16H,7-8H2,1-4H3,(H,17,18);1H. The van der Waals surface area contributed by atoms with E-state index in [-0.39, 0.29) is 18.3 Å². The van der Waals surface area contributed by atoms with E-state index in [4.69, 9.17) is 0 Å². The van der Waals surface area contributed by atoms with Crippen LogP contribution in [0.5, 0.6) is 0 Å². The van der Waals surface area contributed by atoms with Gasteiger partial charge < -0.3 is 10.6 Å². The number of likely N-dealkylation sites (N-methyl/N-ethyl adjacent to an activating group) is 1. The van der Waals surface area contributed by atoms with Gasteiger partial charge in [-0.1, -0.05) is 15.9 Å². The fourth-order valence-electron chi connectivity index (χ4n) is 1.47. The Labute approximate surface area is 140 Å². The minimum Gasteiger partial charge on any atom is -0.354 e. The van der Waals surface area contributed by atoms with Crippen LogP contribution in [-0.2, 0) is 4.79 Å². The first-order valence-corrected chi connectivity index (χ1v) is 8.05. The van der Waals surface area contributed by atoms with Gasteiger partial charge in [-0.05, 0) is 51.1 Å². The van der Waals surface area contributed by atoms with Gasteiger partial charge in [-0.15, -0.1) is 24.2 Å². The maximum atomic E-state index is 11.7. The van der Waals surface area contributed by atoms with Gasteiger partial charge in [0, 0.05) is 22.0 Å². The quantitative estimate of drug-likeness (QED) is 0.743. The number of carbonyl (C=O) groups excluding carboxylic acids is 1. The summed E-state index contributed by atoms with van der Waals surface area (Å²) >= 11 is 5.10. The summed E-state index contributed by atoms with van der Waals surface area (Å²) < 4.78 is 1.11. The Hall–Kier alpha value is -0.230. The van der Waals surface area contributed by atoms with Crippen molar-refractivity contribution in [1.29, 1.82) is 0 Å². The van der Waals surface area contributed by atoms with Crippen LogP contribution in [0.4, 0.5) is 0 Å². The van der Waals surface area contributed by atoms with E-state index in [1.54, 1.807) is 11.8 Å². The summed E-state index contributed by atoms with van der Waals surface area (Å²) in [6.45, 7) is 6.82. The zero-order valence-electron chi connectivity index (χ0n) is 12.2. The van der Waals surface area contributed by atoms with Gasteiger partial charge >= 0.3 is 0 Å². The summed E-state index contributed by atoms with van der Waals surface area (Å²) in [6.07, 6.45) is 0. The molecular formula is C14H22BrClN2OS. The fourth-order valence-corrected chi connectivity index (χ4v) is 2.87. The summed E-state index contributed by atoms with van der Waals surface area (Å²) in [7, 11) is 1.89. The van der Waals surface area contributed by atoms with Crippen LogP contribution >= 0.6 is 40.1 Å². The van der Waals surface area contributed by atoms with Crippen LogP contribution in [0.2, 0.25) is 0 Å². The summed E-state index contributed by atoms with van der Waals surface area (Å²) in [6, 6.07) is 4.51. The van der Waals surface area contributed by atoms with Crippen molar-refractivity contribution in [3.8, 4) is 0 Å². The molecule has 0 aliphatic rings. The second-order valence-corrected chi connectivity index (χ2v) is 6.52. The highest BCUT2D eigenvalue weighted by atomic mass is 79.9. The molecule has 0 fully saturated rings. The Bertz CT molecular complexity index is 457. The third-order valence-corrected chi connectivity index (χ3v) is 4.92. The number of hydrogen-bond donors (Lipinski definition) is 2. The van der Waals surface area contributed by atoms with E-state index < -0.39 is 0 Å². The number of benzene rings is 1. The molecule has 1 aromatic rings. The molecule has 2 N–H and O–H groups in total. The third-order valence-electron chi connectivity index (χ3n) is 2.91. The van der Waals surface area contributed by atoms with Crippen molar-refractivity contribution >= 4 is 46.0 Å². The minimum absolute atomic E-state index is 0. The lowest BCUT2D eigenvalue weighted by molar-refractivity contribution is -0.118.